The summed E-state index contributed by atoms with van der Waals surface area (Å²) < 4.78 is 0.970. The normalized spacial score (nSPS) is 18.3. The van der Waals surface area contributed by atoms with Crippen LogP contribution >= 0.6 is 27.3 Å². The standard InChI is InChI=1S/C14H18BrN3O2S/c1-4-18(5-2)13(19)11-8(3)16-14(20)17-12(11)9-6-7-10(15)21-9/h6-7,12H,4-5H2,1-3H3,(H2,16,17,20)/t12-/m0/s1. The van der Waals surface area contributed by atoms with Gasteiger partial charge in [0.15, 0.2) is 0 Å². The molecule has 21 heavy (non-hydrogen) atoms. The van der Waals surface area contributed by atoms with E-state index in [0.29, 0.717) is 24.4 Å². The number of nitrogens with zero attached hydrogens (tertiary/aromatic N) is 1. The first-order valence-electron chi connectivity index (χ1n) is 6.80. The van der Waals surface area contributed by atoms with Crippen molar-refractivity contribution in [3.05, 3.63) is 32.1 Å². The fraction of sp³-hybridized carbons (Fsp3) is 0.429. The molecule has 0 fully saturated rings. The van der Waals surface area contributed by atoms with Gasteiger partial charge in [-0.1, -0.05) is 0 Å². The molecule has 2 N–H and O–H groups in total. The molecule has 2 rings (SSSR count). The largest absolute Gasteiger partial charge is 0.339 e. The highest BCUT2D eigenvalue weighted by molar-refractivity contribution is 9.11. The predicted octanol–water partition coefficient (Wildman–Crippen LogP) is 3.01. The van der Waals surface area contributed by atoms with E-state index in [1.54, 1.807) is 11.8 Å². The molecule has 2 heterocycles. The van der Waals surface area contributed by atoms with Crippen LogP contribution in [0, 0.1) is 0 Å². The van der Waals surface area contributed by atoms with Crippen LogP contribution in [0.25, 0.3) is 0 Å². The molecule has 0 aliphatic carbocycles. The number of rotatable bonds is 4. The Hall–Kier alpha value is -1.34. The molecule has 0 bridgehead atoms. The van der Waals surface area contributed by atoms with Gasteiger partial charge in [-0.3, -0.25) is 4.79 Å². The summed E-state index contributed by atoms with van der Waals surface area (Å²) in [5, 5.41) is 5.54. The van der Waals surface area contributed by atoms with Crippen LogP contribution in [-0.2, 0) is 4.79 Å². The van der Waals surface area contributed by atoms with Crippen LogP contribution in [0.1, 0.15) is 31.7 Å². The maximum Gasteiger partial charge on any atom is 0.319 e. The van der Waals surface area contributed by atoms with Gasteiger partial charge in [0.25, 0.3) is 5.91 Å². The maximum absolute atomic E-state index is 12.7. The highest BCUT2D eigenvalue weighted by Crippen LogP contribution is 2.34. The molecule has 0 radical (unpaired) electrons. The van der Waals surface area contributed by atoms with Crippen molar-refractivity contribution < 1.29 is 9.59 Å². The van der Waals surface area contributed by atoms with Crippen LogP contribution in [0.15, 0.2) is 27.2 Å². The topological polar surface area (TPSA) is 61.4 Å². The highest BCUT2D eigenvalue weighted by Gasteiger charge is 2.33. The Bertz CT molecular complexity index is 593. The van der Waals surface area contributed by atoms with Crippen LogP contribution in [-0.4, -0.2) is 29.9 Å². The van der Waals surface area contributed by atoms with E-state index in [1.807, 2.05) is 26.0 Å². The monoisotopic (exact) mass is 371 g/mol. The van der Waals surface area contributed by atoms with Crippen molar-refractivity contribution in [2.75, 3.05) is 13.1 Å². The molecule has 7 heteroatoms. The summed E-state index contributed by atoms with van der Waals surface area (Å²) in [4.78, 5) is 27.2. The zero-order valence-corrected chi connectivity index (χ0v) is 14.6. The second-order valence-electron chi connectivity index (χ2n) is 4.69. The summed E-state index contributed by atoms with van der Waals surface area (Å²) in [5.41, 5.74) is 1.22. The van der Waals surface area contributed by atoms with Gasteiger partial charge < -0.3 is 15.5 Å². The van der Waals surface area contributed by atoms with E-state index in [4.69, 9.17) is 0 Å². The lowest BCUT2D eigenvalue weighted by Crippen LogP contribution is -2.47. The highest BCUT2D eigenvalue weighted by atomic mass is 79.9. The number of hydrogen-bond acceptors (Lipinski definition) is 3. The Kier molecular flexibility index (Phi) is 5.05. The van der Waals surface area contributed by atoms with E-state index in [-0.39, 0.29) is 11.9 Å². The number of nitrogens with one attached hydrogen (secondary N) is 2. The first-order valence-corrected chi connectivity index (χ1v) is 8.41. The Morgan fingerprint density at radius 3 is 2.57 bits per heavy atom. The van der Waals surface area contributed by atoms with E-state index in [9.17, 15) is 9.59 Å². The van der Waals surface area contributed by atoms with Gasteiger partial charge in [-0.15, -0.1) is 11.3 Å². The molecule has 1 atom stereocenters. The second-order valence-corrected chi connectivity index (χ2v) is 7.18. The summed E-state index contributed by atoms with van der Waals surface area (Å²) >= 11 is 4.94. The Morgan fingerprint density at radius 1 is 1.38 bits per heavy atom. The molecule has 114 valence electrons. The molecule has 1 aromatic heterocycles. The minimum atomic E-state index is -0.400. The molecule has 0 spiro atoms. The van der Waals surface area contributed by atoms with Gasteiger partial charge in [-0.25, -0.2) is 4.79 Å². The number of hydrogen-bond donors (Lipinski definition) is 2. The fourth-order valence-corrected chi connectivity index (χ4v) is 3.84. The van der Waals surface area contributed by atoms with Crippen molar-refractivity contribution in [3.63, 3.8) is 0 Å². The summed E-state index contributed by atoms with van der Waals surface area (Å²) in [6.07, 6.45) is 0. The molecule has 0 unspecified atom stereocenters. The molecular weight excluding hydrogens is 354 g/mol. The van der Waals surface area contributed by atoms with Crippen LogP contribution < -0.4 is 10.6 Å². The third-order valence-corrected chi connectivity index (χ3v) is 5.12. The smallest absolute Gasteiger partial charge is 0.319 e. The second kappa shape index (κ2) is 6.62. The number of amides is 3. The SMILES string of the molecule is CCN(CC)C(=O)C1=C(C)NC(=O)N[C@H]1c1ccc(Br)s1. The van der Waals surface area contributed by atoms with Crippen LogP contribution in [0.3, 0.4) is 0 Å². The van der Waals surface area contributed by atoms with Crippen molar-refractivity contribution in [3.8, 4) is 0 Å². The number of carbonyl (C=O) groups excluding carboxylic acids is 2. The van der Waals surface area contributed by atoms with E-state index < -0.39 is 6.04 Å². The van der Waals surface area contributed by atoms with Gasteiger partial charge >= 0.3 is 6.03 Å². The van der Waals surface area contributed by atoms with Crippen molar-refractivity contribution in [1.82, 2.24) is 15.5 Å². The van der Waals surface area contributed by atoms with Gasteiger partial charge in [0, 0.05) is 23.7 Å². The molecule has 1 aliphatic rings. The summed E-state index contributed by atoms with van der Waals surface area (Å²) in [6, 6.07) is 3.16. The molecule has 1 aliphatic heterocycles. The lowest BCUT2D eigenvalue weighted by Gasteiger charge is -2.30. The zero-order chi connectivity index (χ0) is 15.6. The molecule has 3 amide bonds. The minimum Gasteiger partial charge on any atom is -0.339 e. The van der Waals surface area contributed by atoms with Crippen LogP contribution in [0.2, 0.25) is 0 Å². The number of carbonyl (C=O) groups is 2. The van der Waals surface area contributed by atoms with Gasteiger partial charge in [0.1, 0.15) is 0 Å². The van der Waals surface area contributed by atoms with E-state index in [2.05, 4.69) is 26.6 Å². The number of urea groups is 1. The molecule has 5 nitrogen and oxygen atoms in total. The van der Waals surface area contributed by atoms with E-state index in [1.165, 1.54) is 11.3 Å². The third kappa shape index (κ3) is 3.29. The average molecular weight is 372 g/mol. The molecule has 0 saturated carbocycles. The van der Waals surface area contributed by atoms with Crippen LogP contribution in [0.5, 0.6) is 0 Å². The average Bonchev–Trinajstić information content (AvgIpc) is 2.85. The van der Waals surface area contributed by atoms with E-state index in [0.717, 1.165) is 8.66 Å². The maximum atomic E-state index is 12.7. The van der Waals surface area contributed by atoms with Crippen LogP contribution in [0.4, 0.5) is 4.79 Å². The van der Waals surface area contributed by atoms with Gasteiger partial charge in [0.2, 0.25) is 0 Å². The first-order chi connectivity index (χ1) is 9.97. The first kappa shape index (κ1) is 16.0. The summed E-state index contributed by atoms with van der Waals surface area (Å²) in [6.45, 7) is 6.94. The number of thiophene rings is 1. The van der Waals surface area contributed by atoms with Crippen molar-refractivity contribution in [2.45, 2.75) is 26.8 Å². The Morgan fingerprint density at radius 2 is 2.05 bits per heavy atom. The lowest BCUT2D eigenvalue weighted by molar-refractivity contribution is -0.127. The summed E-state index contributed by atoms with van der Waals surface area (Å²) in [5.74, 6) is -0.0421. The lowest BCUT2D eigenvalue weighted by atomic mass is 10.00. The predicted molar refractivity (Wildman–Crippen MR) is 87.1 cm³/mol. The minimum absolute atomic E-state index is 0.0421. The van der Waals surface area contributed by atoms with Gasteiger partial charge in [0.05, 0.1) is 15.4 Å². The fourth-order valence-electron chi connectivity index (χ4n) is 2.36. The number of allylic oxidation sites excluding steroid dienone is 1. The van der Waals surface area contributed by atoms with Gasteiger partial charge in [-0.05, 0) is 48.8 Å². The summed E-state index contributed by atoms with van der Waals surface area (Å²) in [7, 11) is 0. The molecule has 0 aromatic carbocycles. The van der Waals surface area contributed by atoms with Crippen molar-refractivity contribution in [1.29, 1.82) is 0 Å². The Labute approximate surface area is 136 Å². The quantitative estimate of drug-likeness (QED) is 0.854. The van der Waals surface area contributed by atoms with Crippen molar-refractivity contribution in [2.24, 2.45) is 0 Å². The van der Waals surface area contributed by atoms with Crippen molar-refractivity contribution >= 4 is 39.2 Å². The van der Waals surface area contributed by atoms with E-state index >= 15 is 0 Å². The molecular formula is C14H18BrN3O2S. The number of halogens is 1. The molecule has 0 saturated heterocycles. The third-order valence-electron chi connectivity index (χ3n) is 3.43. The molecule has 1 aromatic rings. The number of likely N-dealkylation sites (N-methyl/N-ethyl adjacent to an activating group) is 1. The van der Waals surface area contributed by atoms with Gasteiger partial charge in [-0.2, -0.15) is 0 Å². The zero-order valence-electron chi connectivity index (χ0n) is 12.2. The Balaban J connectivity index is 2.43.